The Hall–Kier alpha value is -2.27. The number of anilines is 1. The van der Waals surface area contributed by atoms with E-state index in [0.29, 0.717) is 18.2 Å². The van der Waals surface area contributed by atoms with Gasteiger partial charge in [-0.25, -0.2) is 4.39 Å². The van der Waals surface area contributed by atoms with Gasteiger partial charge >= 0.3 is 0 Å². The summed E-state index contributed by atoms with van der Waals surface area (Å²) in [6, 6.07) is 11.5. The Morgan fingerprint density at radius 2 is 2.12 bits per heavy atom. The maximum Gasteiger partial charge on any atom is 0.224 e. The smallest absolute Gasteiger partial charge is 0.224 e. The molecule has 3 rings (SSSR count). The molecule has 1 aliphatic rings. The van der Waals surface area contributed by atoms with Crippen LogP contribution in [0.3, 0.4) is 0 Å². The molecule has 1 heterocycles. The molecule has 0 bridgehead atoms. The molecule has 0 spiro atoms. The number of carbonyl (C=O) groups excluding carboxylic acids is 1. The third-order valence-corrected chi connectivity index (χ3v) is 4.75. The van der Waals surface area contributed by atoms with Crippen molar-refractivity contribution in [3.05, 3.63) is 58.9 Å². The van der Waals surface area contributed by atoms with Crippen LogP contribution in [0, 0.1) is 11.7 Å². The molecule has 2 N–H and O–H groups in total. The molecule has 2 aromatic carbocycles. The highest BCUT2D eigenvalue weighted by molar-refractivity contribution is 6.32. The summed E-state index contributed by atoms with van der Waals surface area (Å²) < 4.78 is 13.8. The molecule has 0 unspecified atom stereocenters. The largest absolute Gasteiger partial charge is 0.506 e. The van der Waals surface area contributed by atoms with Gasteiger partial charge in [0.05, 0.1) is 17.1 Å². The average molecular weight is 363 g/mol. The first-order valence-electron chi connectivity index (χ1n) is 8.26. The first-order chi connectivity index (χ1) is 12.0. The highest BCUT2D eigenvalue weighted by Gasteiger charge is 2.24. The molecule has 2 aromatic rings. The number of rotatable bonds is 5. The van der Waals surface area contributed by atoms with Crippen molar-refractivity contribution in [3.8, 4) is 5.75 Å². The monoisotopic (exact) mass is 362 g/mol. The minimum Gasteiger partial charge on any atom is -0.506 e. The number of hydrogen-bond donors (Lipinski definition) is 2. The van der Waals surface area contributed by atoms with E-state index in [-0.39, 0.29) is 28.9 Å². The van der Waals surface area contributed by atoms with Crippen molar-refractivity contribution in [2.24, 2.45) is 5.92 Å². The Morgan fingerprint density at radius 1 is 1.32 bits per heavy atom. The van der Waals surface area contributed by atoms with Crippen molar-refractivity contribution in [2.45, 2.75) is 12.8 Å². The van der Waals surface area contributed by atoms with Crippen LogP contribution in [0.15, 0.2) is 42.5 Å². The number of benzene rings is 2. The fourth-order valence-electron chi connectivity index (χ4n) is 3.09. The van der Waals surface area contributed by atoms with E-state index in [4.69, 9.17) is 11.6 Å². The standard InChI is InChI=1S/C19H20ClFN2O2/c20-15-9-13(5-6-18(15)24)10-19(25)22-11-14-7-8-23(12-14)17-4-2-1-3-16(17)21/h1-6,9,14,24H,7-8,10-12H2,(H,22,25)/t14-/m0/s1. The topological polar surface area (TPSA) is 52.6 Å². The number of phenols is 1. The van der Waals surface area contributed by atoms with Crippen LogP contribution in [0.1, 0.15) is 12.0 Å². The van der Waals surface area contributed by atoms with Crippen LogP contribution >= 0.6 is 11.6 Å². The summed E-state index contributed by atoms with van der Waals surface area (Å²) in [5, 5.41) is 12.6. The molecule has 1 saturated heterocycles. The molecular weight excluding hydrogens is 343 g/mol. The molecule has 1 fully saturated rings. The number of nitrogens with one attached hydrogen (secondary N) is 1. The number of carbonyl (C=O) groups is 1. The van der Waals surface area contributed by atoms with Gasteiger partial charge < -0.3 is 15.3 Å². The van der Waals surface area contributed by atoms with Crippen LogP contribution in [0.5, 0.6) is 5.75 Å². The zero-order valence-corrected chi connectivity index (χ0v) is 14.5. The summed E-state index contributed by atoms with van der Waals surface area (Å²) in [6.07, 6.45) is 1.13. The summed E-state index contributed by atoms with van der Waals surface area (Å²) in [6.45, 7) is 2.08. The molecule has 4 nitrogen and oxygen atoms in total. The Labute approximate surface area is 151 Å². The fraction of sp³-hybridized carbons (Fsp3) is 0.316. The second kappa shape index (κ2) is 7.74. The first kappa shape index (κ1) is 17.5. The van der Waals surface area contributed by atoms with Crippen LogP contribution in [0.2, 0.25) is 5.02 Å². The molecule has 0 radical (unpaired) electrons. The van der Waals surface area contributed by atoms with Gasteiger partial charge in [-0.1, -0.05) is 29.8 Å². The van der Waals surface area contributed by atoms with Crippen molar-refractivity contribution < 1.29 is 14.3 Å². The third-order valence-electron chi connectivity index (χ3n) is 4.44. The van der Waals surface area contributed by atoms with E-state index in [2.05, 4.69) is 5.32 Å². The van der Waals surface area contributed by atoms with Crippen LogP contribution < -0.4 is 10.2 Å². The number of amides is 1. The van der Waals surface area contributed by atoms with Crippen LogP contribution in [0.25, 0.3) is 0 Å². The molecule has 6 heteroatoms. The van der Waals surface area contributed by atoms with Crippen molar-refractivity contribution in [1.82, 2.24) is 5.32 Å². The molecule has 0 aliphatic carbocycles. The fourth-order valence-corrected chi connectivity index (χ4v) is 3.30. The van der Waals surface area contributed by atoms with Gasteiger partial charge in [-0.2, -0.15) is 0 Å². The maximum absolute atomic E-state index is 13.8. The Bertz CT molecular complexity index is 769. The molecule has 0 saturated carbocycles. The molecule has 25 heavy (non-hydrogen) atoms. The molecule has 132 valence electrons. The van der Waals surface area contributed by atoms with Crippen molar-refractivity contribution in [1.29, 1.82) is 0 Å². The first-order valence-corrected chi connectivity index (χ1v) is 8.64. The van der Waals surface area contributed by atoms with Gasteiger partial charge in [-0.3, -0.25) is 4.79 Å². The van der Waals surface area contributed by atoms with Gasteiger partial charge in [0, 0.05) is 19.6 Å². The van der Waals surface area contributed by atoms with Gasteiger partial charge in [-0.15, -0.1) is 0 Å². The lowest BCUT2D eigenvalue weighted by molar-refractivity contribution is -0.120. The zero-order chi connectivity index (χ0) is 17.8. The SMILES string of the molecule is O=C(Cc1ccc(O)c(Cl)c1)NC[C@@H]1CCN(c2ccccc2F)C1. The second-order valence-corrected chi connectivity index (χ2v) is 6.73. The lowest BCUT2D eigenvalue weighted by atomic mass is 10.1. The number of nitrogens with zero attached hydrogens (tertiary/aromatic N) is 1. The minimum absolute atomic E-state index is 0.00464. The van der Waals surface area contributed by atoms with E-state index in [1.54, 1.807) is 24.3 Å². The van der Waals surface area contributed by atoms with Gasteiger partial charge in [0.25, 0.3) is 0 Å². The predicted octanol–water partition coefficient (Wildman–Crippen LogP) is 3.37. The summed E-state index contributed by atoms with van der Waals surface area (Å²) in [5.41, 5.74) is 1.37. The van der Waals surface area contributed by atoms with Gasteiger partial charge in [0.15, 0.2) is 0 Å². The van der Waals surface area contributed by atoms with Gasteiger partial charge in [0.1, 0.15) is 11.6 Å². The lowest BCUT2D eigenvalue weighted by Gasteiger charge is -2.19. The van der Waals surface area contributed by atoms with Crippen LogP contribution in [-0.4, -0.2) is 30.6 Å². The van der Waals surface area contributed by atoms with Crippen LogP contribution in [0.4, 0.5) is 10.1 Å². The second-order valence-electron chi connectivity index (χ2n) is 6.32. The van der Waals surface area contributed by atoms with E-state index in [1.807, 2.05) is 11.0 Å². The lowest BCUT2D eigenvalue weighted by Crippen LogP contribution is -2.32. The van der Waals surface area contributed by atoms with E-state index < -0.39 is 0 Å². The zero-order valence-electron chi connectivity index (χ0n) is 13.7. The predicted molar refractivity (Wildman–Crippen MR) is 96.6 cm³/mol. The molecule has 1 amide bonds. The molecular formula is C19H20ClFN2O2. The Kier molecular flexibility index (Phi) is 5.43. The molecule has 1 atom stereocenters. The quantitative estimate of drug-likeness (QED) is 0.857. The Balaban J connectivity index is 1.48. The van der Waals surface area contributed by atoms with Gasteiger partial charge in [0.2, 0.25) is 5.91 Å². The van der Waals surface area contributed by atoms with Crippen molar-refractivity contribution in [3.63, 3.8) is 0 Å². The third kappa shape index (κ3) is 4.42. The van der Waals surface area contributed by atoms with E-state index in [0.717, 1.165) is 25.1 Å². The summed E-state index contributed by atoms with van der Waals surface area (Å²) in [5.74, 6) is -0.000490. The number of hydrogen-bond acceptors (Lipinski definition) is 3. The van der Waals surface area contributed by atoms with Crippen molar-refractivity contribution >= 4 is 23.2 Å². The normalized spacial score (nSPS) is 16.9. The minimum atomic E-state index is -0.212. The van der Waals surface area contributed by atoms with E-state index in [9.17, 15) is 14.3 Å². The summed E-state index contributed by atoms with van der Waals surface area (Å²) >= 11 is 5.85. The van der Waals surface area contributed by atoms with Gasteiger partial charge in [-0.05, 0) is 42.2 Å². The number of para-hydroxylation sites is 1. The molecule has 1 aliphatic heterocycles. The van der Waals surface area contributed by atoms with Crippen LogP contribution in [-0.2, 0) is 11.2 Å². The number of halogens is 2. The van der Waals surface area contributed by atoms with E-state index in [1.165, 1.54) is 12.1 Å². The van der Waals surface area contributed by atoms with E-state index >= 15 is 0 Å². The highest BCUT2D eigenvalue weighted by atomic mass is 35.5. The maximum atomic E-state index is 13.8. The average Bonchev–Trinajstić information content (AvgIpc) is 3.05. The summed E-state index contributed by atoms with van der Waals surface area (Å²) in [7, 11) is 0. The summed E-state index contributed by atoms with van der Waals surface area (Å²) in [4.78, 5) is 14.1. The Morgan fingerprint density at radius 3 is 2.88 bits per heavy atom. The number of phenolic OH excluding ortho intramolecular Hbond substituents is 1. The highest BCUT2D eigenvalue weighted by Crippen LogP contribution is 2.26. The number of aromatic hydroxyl groups is 1. The molecule has 0 aromatic heterocycles. The van der Waals surface area contributed by atoms with Crippen molar-refractivity contribution in [2.75, 3.05) is 24.5 Å².